The van der Waals surface area contributed by atoms with E-state index in [4.69, 9.17) is 21.4 Å². The number of carbonyl (C=O) groups excluding carboxylic acids is 1. The smallest absolute Gasteiger partial charge is 0.341 e. The minimum absolute atomic E-state index is 0.0836. The van der Waals surface area contributed by atoms with E-state index in [0.29, 0.717) is 13.1 Å². The lowest BCUT2D eigenvalue weighted by Crippen LogP contribution is -2.34. The highest BCUT2D eigenvalue weighted by atomic mass is 35.5. The standard InChI is InChI=1S/C13H16ClNO4/c1-3-15(4-2)11(16)8-19-10-7-5-6-9(14)12(10)13(17)18/h5-7H,3-4,8H2,1-2H3,(H,17,18). The van der Waals surface area contributed by atoms with Gasteiger partial charge in [-0.15, -0.1) is 0 Å². The Morgan fingerprint density at radius 1 is 1.32 bits per heavy atom. The number of nitrogens with zero attached hydrogens (tertiary/aromatic N) is 1. The Labute approximate surface area is 116 Å². The summed E-state index contributed by atoms with van der Waals surface area (Å²) >= 11 is 5.80. The zero-order valence-electron chi connectivity index (χ0n) is 10.9. The fourth-order valence-corrected chi connectivity index (χ4v) is 1.89. The number of rotatable bonds is 6. The molecule has 0 saturated heterocycles. The summed E-state index contributed by atoms with van der Waals surface area (Å²) in [6.07, 6.45) is 0. The number of carboxylic acid groups (broad SMARTS) is 1. The van der Waals surface area contributed by atoms with Gasteiger partial charge in [0.05, 0.1) is 5.02 Å². The minimum atomic E-state index is -1.18. The fourth-order valence-electron chi connectivity index (χ4n) is 1.64. The van der Waals surface area contributed by atoms with Crippen molar-refractivity contribution in [3.8, 4) is 5.75 Å². The fraction of sp³-hybridized carbons (Fsp3) is 0.385. The van der Waals surface area contributed by atoms with Gasteiger partial charge in [-0.25, -0.2) is 4.79 Å². The van der Waals surface area contributed by atoms with E-state index in [2.05, 4.69) is 0 Å². The molecule has 0 aliphatic heterocycles. The summed E-state index contributed by atoms with van der Waals surface area (Å²) in [4.78, 5) is 24.4. The first-order valence-electron chi connectivity index (χ1n) is 5.93. The number of hydrogen-bond donors (Lipinski definition) is 1. The molecule has 0 heterocycles. The van der Waals surface area contributed by atoms with Crippen LogP contribution >= 0.6 is 11.6 Å². The van der Waals surface area contributed by atoms with Crippen molar-refractivity contribution >= 4 is 23.5 Å². The maximum absolute atomic E-state index is 11.8. The van der Waals surface area contributed by atoms with Gasteiger partial charge in [0.15, 0.2) is 6.61 Å². The monoisotopic (exact) mass is 285 g/mol. The first kappa shape index (κ1) is 15.3. The van der Waals surface area contributed by atoms with Gasteiger partial charge < -0.3 is 14.7 Å². The summed E-state index contributed by atoms with van der Waals surface area (Å²) in [6, 6.07) is 4.51. The molecule has 0 aliphatic carbocycles. The first-order valence-corrected chi connectivity index (χ1v) is 6.31. The molecule has 0 unspecified atom stereocenters. The molecule has 0 fully saturated rings. The highest BCUT2D eigenvalue weighted by Crippen LogP contribution is 2.26. The van der Waals surface area contributed by atoms with Crippen LogP contribution in [0.4, 0.5) is 0 Å². The van der Waals surface area contributed by atoms with Crippen LogP contribution in [0.5, 0.6) is 5.75 Å². The van der Waals surface area contributed by atoms with Crippen molar-refractivity contribution in [1.29, 1.82) is 0 Å². The lowest BCUT2D eigenvalue weighted by molar-refractivity contribution is -0.132. The quantitative estimate of drug-likeness (QED) is 0.871. The molecule has 1 rings (SSSR count). The Kier molecular flexibility index (Phi) is 5.63. The van der Waals surface area contributed by atoms with Crippen LogP contribution in [0.2, 0.25) is 5.02 Å². The molecule has 104 valence electrons. The van der Waals surface area contributed by atoms with Crippen molar-refractivity contribution in [2.75, 3.05) is 19.7 Å². The summed E-state index contributed by atoms with van der Waals surface area (Å²) in [7, 11) is 0. The van der Waals surface area contributed by atoms with Crippen molar-refractivity contribution in [2.24, 2.45) is 0 Å². The molecule has 1 aromatic carbocycles. The molecule has 0 aromatic heterocycles. The Hall–Kier alpha value is -1.75. The first-order chi connectivity index (χ1) is 9.01. The number of ether oxygens (including phenoxy) is 1. The number of amides is 1. The summed E-state index contributed by atoms with van der Waals surface area (Å²) in [5.74, 6) is -1.28. The summed E-state index contributed by atoms with van der Waals surface area (Å²) in [5.41, 5.74) is -0.128. The number of hydrogen-bond acceptors (Lipinski definition) is 3. The van der Waals surface area contributed by atoms with E-state index in [0.717, 1.165) is 0 Å². The average Bonchev–Trinajstić information content (AvgIpc) is 2.37. The van der Waals surface area contributed by atoms with E-state index in [9.17, 15) is 9.59 Å². The molecule has 5 nitrogen and oxygen atoms in total. The average molecular weight is 286 g/mol. The molecule has 1 amide bonds. The van der Waals surface area contributed by atoms with E-state index in [1.54, 1.807) is 11.0 Å². The van der Waals surface area contributed by atoms with Gasteiger partial charge in [0.25, 0.3) is 5.91 Å². The van der Waals surface area contributed by atoms with Crippen LogP contribution in [0.3, 0.4) is 0 Å². The number of likely N-dealkylation sites (N-methyl/N-ethyl adjacent to an activating group) is 1. The van der Waals surface area contributed by atoms with Crippen LogP contribution in [0.1, 0.15) is 24.2 Å². The second-order valence-corrected chi connectivity index (χ2v) is 4.18. The number of halogens is 1. The van der Waals surface area contributed by atoms with Crippen molar-refractivity contribution in [3.05, 3.63) is 28.8 Å². The second-order valence-electron chi connectivity index (χ2n) is 3.77. The SMILES string of the molecule is CCN(CC)C(=O)COc1cccc(Cl)c1C(=O)O. The molecule has 0 radical (unpaired) electrons. The molecule has 0 saturated carbocycles. The van der Waals surface area contributed by atoms with Gasteiger partial charge in [0.1, 0.15) is 11.3 Å². The van der Waals surface area contributed by atoms with Crippen LogP contribution < -0.4 is 4.74 Å². The van der Waals surface area contributed by atoms with E-state index in [1.165, 1.54) is 12.1 Å². The highest BCUT2D eigenvalue weighted by molar-refractivity contribution is 6.33. The number of carboxylic acids is 1. The number of benzene rings is 1. The number of carbonyl (C=O) groups is 2. The maximum atomic E-state index is 11.8. The normalized spacial score (nSPS) is 10.1. The van der Waals surface area contributed by atoms with Gasteiger partial charge in [0.2, 0.25) is 0 Å². The summed E-state index contributed by atoms with van der Waals surface area (Å²) in [5, 5.41) is 9.14. The van der Waals surface area contributed by atoms with Crippen LogP contribution in [0.25, 0.3) is 0 Å². The maximum Gasteiger partial charge on any atom is 0.341 e. The molecule has 0 spiro atoms. The highest BCUT2D eigenvalue weighted by Gasteiger charge is 2.17. The van der Waals surface area contributed by atoms with Crippen LogP contribution in [-0.4, -0.2) is 41.6 Å². The predicted molar refractivity (Wildman–Crippen MR) is 71.8 cm³/mol. The Bertz CT molecular complexity index is 472. The van der Waals surface area contributed by atoms with Gasteiger partial charge in [0, 0.05) is 13.1 Å². The minimum Gasteiger partial charge on any atom is -0.483 e. The predicted octanol–water partition coefficient (Wildman–Crippen LogP) is 2.29. The molecule has 1 aromatic rings. The van der Waals surface area contributed by atoms with Crippen molar-refractivity contribution in [1.82, 2.24) is 4.90 Å². The third-order valence-corrected chi connectivity index (χ3v) is 2.97. The molecule has 6 heteroatoms. The molecular formula is C13H16ClNO4. The molecule has 1 N–H and O–H groups in total. The Morgan fingerprint density at radius 2 is 1.95 bits per heavy atom. The zero-order chi connectivity index (χ0) is 14.4. The van der Waals surface area contributed by atoms with Gasteiger partial charge in [-0.05, 0) is 26.0 Å². The third kappa shape index (κ3) is 3.86. The van der Waals surface area contributed by atoms with Crippen molar-refractivity contribution < 1.29 is 19.4 Å². The van der Waals surface area contributed by atoms with Gasteiger partial charge >= 0.3 is 5.97 Å². The zero-order valence-corrected chi connectivity index (χ0v) is 11.6. The molecule has 0 bridgehead atoms. The summed E-state index contributed by atoms with van der Waals surface area (Å²) in [6.45, 7) is 4.69. The summed E-state index contributed by atoms with van der Waals surface area (Å²) < 4.78 is 5.27. The van der Waals surface area contributed by atoms with Crippen molar-refractivity contribution in [2.45, 2.75) is 13.8 Å². The van der Waals surface area contributed by atoms with Crippen molar-refractivity contribution in [3.63, 3.8) is 0 Å². The van der Waals surface area contributed by atoms with E-state index in [1.807, 2.05) is 13.8 Å². The Morgan fingerprint density at radius 3 is 2.47 bits per heavy atom. The topological polar surface area (TPSA) is 66.8 Å². The number of aromatic carboxylic acids is 1. The lowest BCUT2D eigenvalue weighted by Gasteiger charge is -2.19. The molecule has 0 aliphatic rings. The van der Waals surface area contributed by atoms with Crippen LogP contribution in [0, 0.1) is 0 Å². The van der Waals surface area contributed by atoms with Crippen LogP contribution in [0.15, 0.2) is 18.2 Å². The van der Waals surface area contributed by atoms with E-state index in [-0.39, 0.29) is 28.8 Å². The lowest BCUT2D eigenvalue weighted by atomic mass is 10.2. The molecule has 0 atom stereocenters. The molecule has 19 heavy (non-hydrogen) atoms. The van der Waals surface area contributed by atoms with Gasteiger partial charge in [-0.3, -0.25) is 4.79 Å². The van der Waals surface area contributed by atoms with Crippen LogP contribution in [-0.2, 0) is 4.79 Å². The largest absolute Gasteiger partial charge is 0.483 e. The van der Waals surface area contributed by atoms with E-state index >= 15 is 0 Å². The van der Waals surface area contributed by atoms with Gasteiger partial charge in [-0.1, -0.05) is 17.7 Å². The van der Waals surface area contributed by atoms with E-state index < -0.39 is 5.97 Å². The second kappa shape index (κ2) is 6.99. The Balaban J connectivity index is 2.81. The molecular weight excluding hydrogens is 270 g/mol. The third-order valence-electron chi connectivity index (χ3n) is 2.66. The van der Waals surface area contributed by atoms with Gasteiger partial charge in [-0.2, -0.15) is 0 Å².